The second kappa shape index (κ2) is 7.25. The first-order valence-corrected chi connectivity index (χ1v) is 7.85. The van der Waals surface area contributed by atoms with Crippen LogP contribution in [-0.4, -0.2) is 33.4 Å². The van der Waals surface area contributed by atoms with Crippen molar-refractivity contribution in [1.29, 1.82) is 0 Å². The smallest absolute Gasteiger partial charge is 0.336 e. The molecule has 0 aliphatic heterocycles. The Kier molecular flexibility index (Phi) is 4.86. The minimum absolute atomic E-state index is 0.0715. The molecule has 1 aromatic heterocycles. The number of aromatic carboxylic acids is 1. The highest BCUT2D eigenvalue weighted by Crippen LogP contribution is 2.39. The molecule has 6 heteroatoms. The van der Waals surface area contributed by atoms with Gasteiger partial charge in [-0.2, -0.15) is 0 Å². The predicted octanol–water partition coefficient (Wildman–Crippen LogP) is 3.32. The van der Waals surface area contributed by atoms with Gasteiger partial charge in [0, 0.05) is 0 Å². The number of ether oxygens (including phenoxy) is 1. The van der Waals surface area contributed by atoms with Crippen LogP contribution in [0.15, 0.2) is 54.7 Å². The summed E-state index contributed by atoms with van der Waals surface area (Å²) >= 11 is 0. The normalized spacial score (nSPS) is 10.5. The van der Waals surface area contributed by atoms with Crippen molar-refractivity contribution in [2.24, 2.45) is 0 Å². The number of aliphatic hydroxyl groups is 1. The number of nitrogens with zero attached hydrogens (tertiary/aromatic N) is 1. The monoisotopic (exact) mass is 351 g/mol. The fraction of sp³-hybridized carbons (Fsp3) is 0.100. The number of rotatable bonds is 5. The number of aromatic nitrogens is 1. The number of benzene rings is 2. The summed E-state index contributed by atoms with van der Waals surface area (Å²) in [7, 11) is 1.44. The molecule has 3 N–H and O–H groups in total. The van der Waals surface area contributed by atoms with Gasteiger partial charge < -0.3 is 20.1 Å². The lowest BCUT2D eigenvalue weighted by Crippen LogP contribution is -1.99. The number of carboxylic acids is 1. The van der Waals surface area contributed by atoms with Crippen LogP contribution in [0.3, 0.4) is 0 Å². The Bertz CT molecular complexity index is 951. The van der Waals surface area contributed by atoms with Gasteiger partial charge in [0.15, 0.2) is 5.75 Å². The summed E-state index contributed by atoms with van der Waals surface area (Å²) < 4.78 is 5.31. The van der Waals surface area contributed by atoms with E-state index in [1.807, 2.05) is 0 Å². The third-order valence-corrected chi connectivity index (χ3v) is 4.08. The van der Waals surface area contributed by atoms with Gasteiger partial charge in [0.2, 0.25) is 0 Å². The standard InChI is InChI=1S/C20H17NO5/c1-26-19-16(11-22)21-10-17(23)18(19)13-8-6-12(7-9-13)14-4-2-3-5-15(14)20(24)25/h2-10,22-23H,11H2,1H3,(H,24,25). The number of hydrogen-bond donors (Lipinski definition) is 3. The summed E-state index contributed by atoms with van der Waals surface area (Å²) in [5.41, 5.74) is 2.96. The Hall–Kier alpha value is -3.38. The summed E-state index contributed by atoms with van der Waals surface area (Å²) in [5.74, 6) is -0.769. The molecule has 2 aromatic carbocycles. The van der Waals surface area contributed by atoms with Crippen molar-refractivity contribution in [3.63, 3.8) is 0 Å². The van der Waals surface area contributed by atoms with Gasteiger partial charge in [-0.1, -0.05) is 42.5 Å². The van der Waals surface area contributed by atoms with Gasteiger partial charge in [0.1, 0.15) is 11.4 Å². The molecule has 0 saturated carbocycles. The molecule has 0 spiro atoms. The average molecular weight is 351 g/mol. The molecule has 0 unspecified atom stereocenters. The average Bonchev–Trinajstić information content (AvgIpc) is 2.67. The van der Waals surface area contributed by atoms with E-state index in [9.17, 15) is 20.1 Å². The van der Waals surface area contributed by atoms with Crippen LogP contribution in [-0.2, 0) is 6.61 Å². The minimum atomic E-state index is -0.995. The topological polar surface area (TPSA) is 99.9 Å². The van der Waals surface area contributed by atoms with E-state index in [-0.39, 0.29) is 17.9 Å². The van der Waals surface area contributed by atoms with Gasteiger partial charge in [-0.25, -0.2) is 4.79 Å². The van der Waals surface area contributed by atoms with Crippen molar-refractivity contribution in [2.45, 2.75) is 6.61 Å². The molecule has 3 aromatic rings. The number of methoxy groups -OCH3 is 1. The zero-order chi connectivity index (χ0) is 18.7. The van der Waals surface area contributed by atoms with E-state index in [2.05, 4.69) is 4.98 Å². The van der Waals surface area contributed by atoms with Crippen LogP contribution >= 0.6 is 0 Å². The SMILES string of the molecule is COc1c(CO)ncc(O)c1-c1ccc(-c2ccccc2C(=O)O)cc1. The van der Waals surface area contributed by atoms with E-state index < -0.39 is 5.97 Å². The molecule has 0 saturated heterocycles. The molecule has 26 heavy (non-hydrogen) atoms. The third kappa shape index (κ3) is 3.10. The van der Waals surface area contributed by atoms with Crippen molar-refractivity contribution >= 4 is 5.97 Å². The predicted molar refractivity (Wildman–Crippen MR) is 96.2 cm³/mol. The zero-order valence-corrected chi connectivity index (χ0v) is 14.0. The van der Waals surface area contributed by atoms with Gasteiger partial charge in [-0.05, 0) is 22.8 Å². The molecule has 0 amide bonds. The Morgan fingerprint density at radius 2 is 1.73 bits per heavy atom. The van der Waals surface area contributed by atoms with Crippen molar-refractivity contribution in [3.8, 4) is 33.8 Å². The van der Waals surface area contributed by atoms with E-state index >= 15 is 0 Å². The van der Waals surface area contributed by atoms with E-state index in [4.69, 9.17) is 4.74 Å². The van der Waals surface area contributed by atoms with Crippen LogP contribution in [0.1, 0.15) is 16.1 Å². The lowest BCUT2D eigenvalue weighted by Gasteiger charge is -2.14. The van der Waals surface area contributed by atoms with E-state index in [0.29, 0.717) is 28.1 Å². The molecule has 0 aliphatic rings. The van der Waals surface area contributed by atoms with Crippen LogP contribution in [0.4, 0.5) is 0 Å². The highest BCUT2D eigenvalue weighted by Gasteiger charge is 2.17. The zero-order valence-electron chi connectivity index (χ0n) is 14.0. The molecule has 1 heterocycles. The summed E-state index contributed by atoms with van der Waals surface area (Å²) in [6, 6.07) is 13.8. The van der Waals surface area contributed by atoms with Crippen LogP contribution in [0.25, 0.3) is 22.3 Å². The first-order chi connectivity index (χ1) is 12.6. The van der Waals surface area contributed by atoms with E-state index in [0.717, 1.165) is 5.56 Å². The minimum Gasteiger partial charge on any atom is -0.506 e. The van der Waals surface area contributed by atoms with Gasteiger partial charge in [0.05, 0.1) is 31.0 Å². The molecule has 0 aliphatic carbocycles. The molecule has 0 bridgehead atoms. The highest BCUT2D eigenvalue weighted by molar-refractivity contribution is 5.96. The van der Waals surface area contributed by atoms with Crippen LogP contribution in [0.2, 0.25) is 0 Å². The maximum absolute atomic E-state index is 11.4. The fourth-order valence-electron chi connectivity index (χ4n) is 2.87. The van der Waals surface area contributed by atoms with Gasteiger partial charge in [-0.3, -0.25) is 4.98 Å². The van der Waals surface area contributed by atoms with Crippen LogP contribution in [0, 0.1) is 0 Å². The van der Waals surface area contributed by atoms with Crippen molar-refractivity contribution < 1.29 is 24.9 Å². The Labute approximate surface area is 150 Å². The Morgan fingerprint density at radius 1 is 1.08 bits per heavy atom. The molecule has 0 radical (unpaired) electrons. The van der Waals surface area contributed by atoms with Gasteiger partial charge in [-0.15, -0.1) is 0 Å². The summed E-state index contributed by atoms with van der Waals surface area (Å²) in [5, 5.41) is 28.9. The van der Waals surface area contributed by atoms with Crippen LogP contribution in [0.5, 0.6) is 11.5 Å². The largest absolute Gasteiger partial charge is 0.506 e. The van der Waals surface area contributed by atoms with Gasteiger partial charge in [0.25, 0.3) is 0 Å². The second-order valence-electron chi connectivity index (χ2n) is 5.58. The Morgan fingerprint density at radius 3 is 2.35 bits per heavy atom. The first-order valence-electron chi connectivity index (χ1n) is 7.85. The highest BCUT2D eigenvalue weighted by atomic mass is 16.5. The van der Waals surface area contributed by atoms with Gasteiger partial charge >= 0.3 is 5.97 Å². The molecule has 6 nitrogen and oxygen atoms in total. The molecule has 0 atom stereocenters. The lowest BCUT2D eigenvalue weighted by molar-refractivity contribution is 0.0697. The molecule has 132 valence electrons. The first kappa shape index (κ1) is 17.4. The van der Waals surface area contributed by atoms with Crippen molar-refractivity contribution in [2.75, 3.05) is 7.11 Å². The summed E-state index contributed by atoms with van der Waals surface area (Å²) in [4.78, 5) is 15.4. The molecule has 0 fully saturated rings. The number of carbonyl (C=O) groups is 1. The lowest BCUT2D eigenvalue weighted by atomic mass is 9.96. The molecular weight excluding hydrogens is 334 g/mol. The van der Waals surface area contributed by atoms with Crippen molar-refractivity contribution in [1.82, 2.24) is 4.98 Å². The summed E-state index contributed by atoms with van der Waals surface area (Å²) in [6.07, 6.45) is 1.26. The number of aromatic hydroxyl groups is 1. The van der Waals surface area contributed by atoms with Crippen molar-refractivity contribution in [3.05, 3.63) is 66.0 Å². The maximum atomic E-state index is 11.4. The maximum Gasteiger partial charge on any atom is 0.336 e. The third-order valence-electron chi connectivity index (χ3n) is 4.08. The number of hydrogen-bond acceptors (Lipinski definition) is 5. The number of carboxylic acid groups (broad SMARTS) is 1. The number of pyridine rings is 1. The fourth-order valence-corrected chi connectivity index (χ4v) is 2.87. The second-order valence-corrected chi connectivity index (χ2v) is 5.58. The summed E-state index contributed by atoms with van der Waals surface area (Å²) in [6.45, 7) is -0.319. The van der Waals surface area contributed by atoms with E-state index in [1.54, 1.807) is 48.5 Å². The molecule has 3 rings (SSSR count). The number of aliphatic hydroxyl groups excluding tert-OH is 1. The Balaban J connectivity index is 2.09. The molecular formula is C20H17NO5. The quantitative estimate of drug-likeness (QED) is 0.652. The van der Waals surface area contributed by atoms with E-state index in [1.165, 1.54) is 13.3 Å². The van der Waals surface area contributed by atoms with Crippen LogP contribution < -0.4 is 4.74 Å².